The van der Waals surface area contributed by atoms with Crippen molar-refractivity contribution in [3.63, 3.8) is 0 Å². The molecule has 8 heteroatoms. The lowest BCUT2D eigenvalue weighted by Gasteiger charge is -2.10. The summed E-state index contributed by atoms with van der Waals surface area (Å²) in [6, 6.07) is 11.4. The third-order valence-corrected chi connectivity index (χ3v) is 4.72. The molecule has 0 amide bonds. The van der Waals surface area contributed by atoms with Crippen LogP contribution in [0.4, 0.5) is 10.1 Å². The lowest BCUT2D eigenvalue weighted by Crippen LogP contribution is -2.13. The Balaban J connectivity index is 1.88. The quantitative estimate of drug-likeness (QED) is 0.782. The van der Waals surface area contributed by atoms with E-state index in [9.17, 15) is 12.8 Å². The van der Waals surface area contributed by atoms with E-state index in [1.807, 2.05) is 0 Å². The Morgan fingerprint density at radius 3 is 2.48 bits per heavy atom. The van der Waals surface area contributed by atoms with E-state index in [1.54, 1.807) is 12.3 Å². The van der Waals surface area contributed by atoms with Crippen molar-refractivity contribution in [1.82, 2.24) is 9.78 Å². The first-order valence-corrected chi connectivity index (χ1v) is 8.40. The number of nitrogens with one attached hydrogen (secondary N) is 1. The Morgan fingerprint density at radius 2 is 1.87 bits per heavy atom. The normalized spacial score (nSPS) is 11.4. The maximum absolute atomic E-state index is 14.1. The van der Waals surface area contributed by atoms with Gasteiger partial charge in [0.15, 0.2) is 5.82 Å². The lowest BCUT2D eigenvalue weighted by molar-refractivity contribution is 0.600. The van der Waals surface area contributed by atoms with Crippen LogP contribution in [0.1, 0.15) is 0 Å². The molecule has 0 bridgehead atoms. The van der Waals surface area contributed by atoms with Gasteiger partial charge in [-0.15, -0.1) is 0 Å². The minimum atomic E-state index is -3.81. The molecule has 0 aliphatic carbocycles. The maximum atomic E-state index is 14.1. The average Bonchev–Trinajstić information content (AvgIpc) is 3.01. The van der Waals surface area contributed by atoms with E-state index in [4.69, 9.17) is 11.6 Å². The number of aromatic nitrogens is 2. The molecule has 1 heterocycles. The van der Waals surface area contributed by atoms with Gasteiger partial charge >= 0.3 is 0 Å². The van der Waals surface area contributed by atoms with Crippen molar-refractivity contribution >= 4 is 27.3 Å². The standard InChI is InChI=1S/C15H11ClFN3O2S/c16-11-2-5-13(6-3-11)23(21,22)19-12-4-7-15(14(17)10-12)20-9-1-8-18-20/h1-10,19H. The molecule has 0 aliphatic rings. The first-order chi connectivity index (χ1) is 11.0. The molecule has 0 unspecified atom stereocenters. The van der Waals surface area contributed by atoms with Crippen LogP contribution in [-0.2, 0) is 10.0 Å². The molecular weight excluding hydrogens is 341 g/mol. The Kier molecular flexibility index (Phi) is 4.06. The SMILES string of the molecule is O=S(=O)(Nc1ccc(-n2cccn2)c(F)c1)c1ccc(Cl)cc1. The summed E-state index contributed by atoms with van der Waals surface area (Å²) in [6.07, 6.45) is 3.12. The van der Waals surface area contributed by atoms with Crippen LogP contribution in [0.5, 0.6) is 0 Å². The highest BCUT2D eigenvalue weighted by molar-refractivity contribution is 7.92. The number of sulfonamides is 1. The smallest absolute Gasteiger partial charge is 0.261 e. The van der Waals surface area contributed by atoms with E-state index in [0.29, 0.717) is 5.02 Å². The van der Waals surface area contributed by atoms with Crippen molar-refractivity contribution < 1.29 is 12.8 Å². The average molecular weight is 352 g/mol. The highest BCUT2D eigenvalue weighted by atomic mass is 35.5. The third kappa shape index (κ3) is 3.35. The Hall–Kier alpha value is -2.38. The molecule has 0 saturated heterocycles. The molecule has 0 radical (unpaired) electrons. The molecule has 0 fully saturated rings. The lowest BCUT2D eigenvalue weighted by atomic mass is 10.3. The van der Waals surface area contributed by atoms with Crippen LogP contribution in [-0.4, -0.2) is 18.2 Å². The van der Waals surface area contributed by atoms with Gasteiger partial charge in [-0.1, -0.05) is 11.6 Å². The molecule has 0 atom stereocenters. The number of hydrogen-bond acceptors (Lipinski definition) is 3. The van der Waals surface area contributed by atoms with Gasteiger partial charge in [-0.25, -0.2) is 17.5 Å². The van der Waals surface area contributed by atoms with Gasteiger partial charge in [0.2, 0.25) is 0 Å². The molecule has 23 heavy (non-hydrogen) atoms. The van der Waals surface area contributed by atoms with E-state index in [2.05, 4.69) is 9.82 Å². The van der Waals surface area contributed by atoms with Gasteiger partial charge in [0.25, 0.3) is 10.0 Å². The second kappa shape index (κ2) is 6.02. The van der Waals surface area contributed by atoms with Crippen molar-refractivity contribution in [2.75, 3.05) is 4.72 Å². The topological polar surface area (TPSA) is 64.0 Å². The highest BCUT2D eigenvalue weighted by Crippen LogP contribution is 2.21. The molecule has 5 nitrogen and oxygen atoms in total. The number of anilines is 1. The summed E-state index contributed by atoms with van der Waals surface area (Å²) in [7, 11) is -3.81. The number of halogens is 2. The van der Waals surface area contributed by atoms with E-state index in [1.165, 1.54) is 47.3 Å². The van der Waals surface area contributed by atoms with Gasteiger partial charge in [0, 0.05) is 23.5 Å². The fourth-order valence-corrected chi connectivity index (χ4v) is 3.17. The molecule has 1 N–H and O–H groups in total. The van der Waals surface area contributed by atoms with Crippen molar-refractivity contribution in [2.24, 2.45) is 0 Å². The number of rotatable bonds is 4. The number of nitrogens with zero attached hydrogens (tertiary/aromatic N) is 2. The van der Waals surface area contributed by atoms with E-state index in [-0.39, 0.29) is 16.3 Å². The van der Waals surface area contributed by atoms with Gasteiger partial charge in [-0.2, -0.15) is 5.10 Å². The molecule has 2 aromatic carbocycles. The summed E-state index contributed by atoms with van der Waals surface area (Å²) >= 11 is 5.74. The van der Waals surface area contributed by atoms with Crippen molar-refractivity contribution in [1.29, 1.82) is 0 Å². The summed E-state index contributed by atoms with van der Waals surface area (Å²) in [5.74, 6) is -0.593. The largest absolute Gasteiger partial charge is 0.280 e. The number of benzene rings is 2. The van der Waals surface area contributed by atoms with Gasteiger partial charge in [-0.05, 0) is 42.5 Å². The van der Waals surface area contributed by atoms with E-state index >= 15 is 0 Å². The van der Waals surface area contributed by atoms with Gasteiger partial charge < -0.3 is 0 Å². The fourth-order valence-electron chi connectivity index (χ4n) is 2.00. The first kappa shape index (κ1) is 15.5. The zero-order valence-corrected chi connectivity index (χ0v) is 13.2. The molecule has 3 rings (SSSR count). The summed E-state index contributed by atoms with van der Waals surface area (Å²) in [5, 5.41) is 4.36. The van der Waals surface area contributed by atoms with Gasteiger partial charge in [-0.3, -0.25) is 4.72 Å². The van der Waals surface area contributed by atoms with E-state index < -0.39 is 15.8 Å². The zero-order chi connectivity index (χ0) is 16.4. The Bertz CT molecular complexity index is 926. The molecule has 3 aromatic rings. The second-order valence-electron chi connectivity index (χ2n) is 4.68. The number of hydrogen-bond donors (Lipinski definition) is 1. The Labute approximate surface area is 137 Å². The molecule has 1 aromatic heterocycles. The van der Waals surface area contributed by atoms with Crippen LogP contribution >= 0.6 is 11.6 Å². The van der Waals surface area contributed by atoms with Crippen LogP contribution in [0.3, 0.4) is 0 Å². The van der Waals surface area contributed by atoms with Crippen LogP contribution in [0.15, 0.2) is 65.8 Å². The minimum Gasteiger partial charge on any atom is -0.280 e. The zero-order valence-electron chi connectivity index (χ0n) is 11.6. The summed E-state index contributed by atoms with van der Waals surface area (Å²) < 4.78 is 42.3. The highest BCUT2D eigenvalue weighted by Gasteiger charge is 2.15. The monoisotopic (exact) mass is 351 g/mol. The van der Waals surface area contributed by atoms with Crippen molar-refractivity contribution in [3.05, 3.63) is 71.8 Å². The predicted molar refractivity (Wildman–Crippen MR) is 85.8 cm³/mol. The van der Waals surface area contributed by atoms with Crippen molar-refractivity contribution in [3.8, 4) is 5.69 Å². The maximum Gasteiger partial charge on any atom is 0.261 e. The van der Waals surface area contributed by atoms with Crippen molar-refractivity contribution in [2.45, 2.75) is 4.90 Å². The molecule has 0 aliphatic heterocycles. The summed E-state index contributed by atoms with van der Waals surface area (Å²) in [4.78, 5) is 0.0402. The van der Waals surface area contributed by atoms with Crippen LogP contribution in [0.25, 0.3) is 5.69 Å². The van der Waals surface area contributed by atoms with Crippen LogP contribution in [0.2, 0.25) is 5.02 Å². The minimum absolute atomic E-state index is 0.0402. The second-order valence-corrected chi connectivity index (χ2v) is 6.80. The molecule has 0 saturated carbocycles. The van der Waals surface area contributed by atoms with Crippen LogP contribution in [0, 0.1) is 5.82 Å². The first-order valence-electron chi connectivity index (χ1n) is 6.54. The molecular formula is C15H11ClFN3O2S. The van der Waals surface area contributed by atoms with Crippen LogP contribution < -0.4 is 4.72 Å². The van der Waals surface area contributed by atoms with E-state index in [0.717, 1.165) is 6.07 Å². The summed E-state index contributed by atoms with van der Waals surface area (Å²) in [5.41, 5.74) is 0.345. The van der Waals surface area contributed by atoms with Gasteiger partial charge in [0.05, 0.1) is 10.6 Å². The molecule has 0 spiro atoms. The fraction of sp³-hybridized carbons (Fsp3) is 0. The summed E-state index contributed by atoms with van der Waals surface area (Å²) in [6.45, 7) is 0. The predicted octanol–water partition coefficient (Wildman–Crippen LogP) is 3.47. The third-order valence-electron chi connectivity index (χ3n) is 3.08. The Morgan fingerprint density at radius 1 is 1.13 bits per heavy atom. The molecule has 118 valence electrons. The van der Waals surface area contributed by atoms with Gasteiger partial charge in [0.1, 0.15) is 5.69 Å².